The van der Waals surface area contributed by atoms with Crippen LogP contribution in [0.25, 0.3) is 0 Å². The van der Waals surface area contributed by atoms with E-state index in [0.29, 0.717) is 5.56 Å². The van der Waals surface area contributed by atoms with Gasteiger partial charge in [0.1, 0.15) is 34.2 Å². The lowest BCUT2D eigenvalue weighted by molar-refractivity contribution is -0.161. The molecule has 2 aliphatic heterocycles. The molecule has 4 rings (SSSR count). The molecule has 0 radical (unpaired) electrons. The van der Waals surface area contributed by atoms with Crippen LogP contribution in [0, 0.1) is 0 Å². The Labute approximate surface area is 206 Å². The quantitative estimate of drug-likeness (QED) is 0.324. The van der Waals surface area contributed by atoms with Gasteiger partial charge < -0.3 is 25.6 Å². The Morgan fingerprint density at radius 1 is 1.14 bits per heavy atom. The van der Waals surface area contributed by atoms with Crippen molar-refractivity contribution in [2.24, 2.45) is 0 Å². The molecule has 2 aliphatic rings. The molecular formula is C21H20ClN5O7S. The number of nitrogens with one attached hydrogen (secondary N) is 4. The first kappa shape index (κ1) is 24.5. The minimum atomic E-state index is -1.32. The summed E-state index contributed by atoms with van der Waals surface area (Å²) in [5.74, 6) is -3.43. The van der Waals surface area contributed by atoms with Crippen molar-refractivity contribution in [2.75, 3.05) is 0 Å². The number of carbonyl (C=O) groups excluding carboxylic acids is 3. The Hall–Kier alpha value is -3.58. The zero-order valence-electron chi connectivity index (χ0n) is 18.3. The van der Waals surface area contributed by atoms with E-state index in [4.69, 9.17) is 11.6 Å². The number of hydrogen-bond donors (Lipinski definition) is 5. The molecule has 2 saturated heterocycles. The molecule has 0 aliphatic carbocycles. The minimum absolute atomic E-state index is 0.355. The molecule has 184 valence electrons. The second kappa shape index (κ2) is 8.89. The lowest BCUT2D eigenvalue weighted by Crippen LogP contribution is -2.71. The molecule has 2 aromatic rings. The van der Waals surface area contributed by atoms with E-state index in [1.54, 1.807) is 44.2 Å². The van der Waals surface area contributed by atoms with Gasteiger partial charge in [-0.1, -0.05) is 41.9 Å². The maximum Gasteiger partial charge on any atom is 0.327 e. The molecule has 0 bridgehead atoms. The number of halogens is 1. The third-order valence-corrected chi connectivity index (χ3v) is 7.69. The molecule has 5 N–H and O–H groups in total. The molecular weight excluding hydrogens is 502 g/mol. The van der Waals surface area contributed by atoms with Gasteiger partial charge in [0.05, 0.1) is 0 Å². The molecule has 1 aromatic carbocycles. The van der Waals surface area contributed by atoms with Gasteiger partial charge >= 0.3 is 11.7 Å². The lowest BCUT2D eigenvalue weighted by Gasteiger charge is -2.44. The molecule has 2 fully saturated rings. The van der Waals surface area contributed by atoms with Crippen LogP contribution in [-0.4, -0.2) is 65.9 Å². The summed E-state index contributed by atoms with van der Waals surface area (Å²) in [5, 5.41) is 13.4. The number of rotatable bonds is 6. The van der Waals surface area contributed by atoms with Crippen molar-refractivity contribution < 1.29 is 24.3 Å². The maximum atomic E-state index is 13.2. The molecule has 0 saturated carbocycles. The van der Waals surface area contributed by atoms with Crippen molar-refractivity contribution in [3.8, 4) is 0 Å². The number of β-lactam (4-membered cyclic amide) rings is 1. The number of fused-ring (bicyclic) bond motifs is 1. The Morgan fingerprint density at radius 3 is 2.43 bits per heavy atom. The predicted octanol–water partition coefficient (Wildman–Crippen LogP) is -0.181. The summed E-state index contributed by atoms with van der Waals surface area (Å²) in [7, 11) is 0. The average molecular weight is 522 g/mol. The van der Waals surface area contributed by atoms with Crippen molar-refractivity contribution in [3.05, 3.63) is 67.4 Å². The van der Waals surface area contributed by atoms with E-state index in [0.717, 1.165) is 0 Å². The Bertz CT molecular complexity index is 1340. The smallest absolute Gasteiger partial charge is 0.327 e. The molecule has 12 nitrogen and oxygen atoms in total. The van der Waals surface area contributed by atoms with Crippen molar-refractivity contribution in [1.29, 1.82) is 0 Å². The van der Waals surface area contributed by atoms with E-state index in [9.17, 15) is 33.9 Å². The fourth-order valence-corrected chi connectivity index (χ4v) is 5.96. The topological polar surface area (TPSA) is 182 Å². The number of benzene rings is 1. The number of carbonyl (C=O) groups is 4. The monoisotopic (exact) mass is 521 g/mol. The second-order valence-electron chi connectivity index (χ2n) is 8.50. The van der Waals surface area contributed by atoms with Crippen LogP contribution in [0.5, 0.6) is 0 Å². The average Bonchev–Trinajstić information content (AvgIpc) is 3.06. The summed E-state index contributed by atoms with van der Waals surface area (Å²) in [5.41, 5.74) is -2.11. The van der Waals surface area contributed by atoms with Crippen LogP contribution in [0.1, 0.15) is 35.9 Å². The number of amides is 3. The zero-order chi connectivity index (χ0) is 25.7. The largest absolute Gasteiger partial charge is 0.480 e. The Kier molecular flexibility index (Phi) is 6.23. The van der Waals surface area contributed by atoms with Gasteiger partial charge in [-0.2, -0.15) is 0 Å². The Morgan fingerprint density at radius 2 is 1.80 bits per heavy atom. The van der Waals surface area contributed by atoms with Gasteiger partial charge in [0.25, 0.3) is 11.5 Å². The highest BCUT2D eigenvalue weighted by Gasteiger charge is 2.64. The summed E-state index contributed by atoms with van der Waals surface area (Å²) in [6.07, 6.45) is 0. The van der Waals surface area contributed by atoms with E-state index in [-0.39, 0.29) is 0 Å². The van der Waals surface area contributed by atoms with Crippen molar-refractivity contribution in [2.45, 2.75) is 42.1 Å². The SMILES string of the molecule is CC1(C)S[C@@H]2[C@H](NC(=O)C(NC(=O)c3[nH]c(=O)[nH]c(=O)c3Cl)c3ccccc3)C(=O)N2[C@H]1C(=O)O. The van der Waals surface area contributed by atoms with Gasteiger partial charge in [0.15, 0.2) is 0 Å². The standard InChI is InChI=1S/C21H20ClN5O7S/c1-21(2)13(19(32)33)27-17(31)12(18(27)35-21)24-15(29)10(8-6-4-3-5-7-8)23-16(30)11-9(22)14(28)26-20(34)25-11/h3-7,10,12-13,18H,1-2H3,(H,23,30)(H,24,29)(H,32,33)(H2,25,26,28,34)/t10?,12-,13+,18-/m1/s1. The summed E-state index contributed by atoms with van der Waals surface area (Å²) < 4.78 is -0.776. The third kappa shape index (κ3) is 4.32. The lowest BCUT2D eigenvalue weighted by atomic mass is 9.95. The van der Waals surface area contributed by atoms with E-state index >= 15 is 0 Å². The van der Waals surface area contributed by atoms with Gasteiger partial charge in [-0.15, -0.1) is 11.8 Å². The molecule has 35 heavy (non-hydrogen) atoms. The number of carboxylic acids is 1. The van der Waals surface area contributed by atoms with Crippen molar-refractivity contribution in [3.63, 3.8) is 0 Å². The van der Waals surface area contributed by atoms with Gasteiger partial charge in [0, 0.05) is 4.75 Å². The second-order valence-corrected chi connectivity index (χ2v) is 10.6. The minimum Gasteiger partial charge on any atom is -0.480 e. The van der Waals surface area contributed by atoms with Gasteiger partial charge in [-0.05, 0) is 19.4 Å². The number of aromatic amines is 2. The first-order valence-electron chi connectivity index (χ1n) is 10.3. The number of aromatic nitrogens is 2. The molecule has 0 spiro atoms. The van der Waals surface area contributed by atoms with Crippen LogP contribution in [0.2, 0.25) is 5.02 Å². The summed E-state index contributed by atoms with van der Waals surface area (Å²) in [6.45, 7) is 3.42. The number of aliphatic carboxylic acids is 1. The summed E-state index contributed by atoms with van der Waals surface area (Å²) in [4.78, 5) is 79.2. The van der Waals surface area contributed by atoms with Crippen LogP contribution in [0.3, 0.4) is 0 Å². The fourth-order valence-electron chi connectivity index (χ4n) is 4.16. The number of thioether (sulfide) groups is 1. The van der Waals surface area contributed by atoms with Gasteiger partial charge in [-0.3, -0.25) is 24.2 Å². The van der Waals surface area contributed by atoms with Gasteiger partial charge in [0.2, 0.25) is 11.8 Å². The van der Waals surface area contributed by atoms with E-state index in [2.05, 4.69) is 15.6 Å². The van der Waals surface area contributed by atoms with Crippen molar-refractivity contribution in [1.82, 2.24) is 25.5 Å². The van der Waals surface area contributed by atoms with Crippen LogP contribution in [-0.2, 0) is 14.4 Å². The van der Waals surface area contributed by atoms with E-state index in [1.807, 2.05) is 4.98 Å². The Balaban J connectivity index is 1.58. The zero-order valence-corrected chi connectivity index (χ0v) is 19.9. The number of nitrogens with zero attached hydrogens (tertiary/aromatic N) is 1. The normalized spacial score (nSPS) is 23.1. The highest BCUT2D eigenvalue weighted by molar-refractivity contribution is 8.01. The van der Waals surface area contributed by atoms with Crippen LogP contribution >= 0.6 is 23.4 Å². The predicted molar refractivity (Wildman–Crippen MR) is 125 cm³/mol. The third-order valence-electron chi connectivity index (χ3n) is 5.75. The first-order valence-corrected chi connectivity index (χ1v) is 11.6. The van der Waals surface area contributed by atoms with E-state index < -0.39 is 73.9 Å². The summed E-state index contributed by atoms with van der Waals surface area (Å²) in [6, 6.07) is 4.73. The number of carboxylic acid groups (broad SMARTS) is 1. The van der Waals surface area contributed by atoms with Crippen LogP contribution in [0.4, 0.5) is 0 Å². The van der Waals surface area contributed by atoms with Crippen LogP contribution in [0.15, 0.2) is 39.9 Å². The molecule has 3 heterocycles. The first-order chi connectivity index (χ1) is 16.4. The fraction of sp³-hybridized carbons (Fsp3) is 0.333. The number of H-pyrrole nitrogens is 2. The maximum absolute atomic E-state index is 13.2. The van der Waals surface area contributed by atoms with Crippen LogP contribution < -0.4 is 21.9 Å². The highest BCUT2D eigenvalue weighted by Crippen LogP contribution is 2.50. The highest BCUT2D eigenvalue weighted by atomic mass is 35.5. The molecule has 1 aromatic heterocycles. The van der Waals surface area contributed by atoms with E-state index in [1.165, 1.54) is 16.7 Å². The molecule has 14 heteroatoms. The summed E-state index contributed by atoms with van der Waals surface area (Å²) >= 11 is 7.11. The molecule has 4 atom stereocenters. The number of hydrogen-bond acceptors (Lipinski definition) is 7. The molecule has 1 unspecified atom stereocenters. The molecule has 3 amide bonds. The van der Waals surface area contributed by atoms with Gasteiger partial charge in [-0.25, -0.2) is 9.59 Å². The van der Waals surface area contributed by atoms with Crippen molar-refractivity contribution >= 4 is 47.1 Å².